The molecule has 0 unspecified atom stereocenters. The van der Waals surface area contributed by atoms with Crippen LogP contribution in [0.1, 0.15) is 25.0 Å². The lowest BCUT2D eigenvalue weighted by molar-refractivity contribution is -0.112. The topological polar surface area (TPSA) is 104 Å². The number of anilines is 2. The van der Waals surface area contributed by atoms with Gasteiger partial charge in [0.25, 0.3) is 0 Å². The zero-order valence-electron chi connectivity index (χ0n) is 18.3. The Balaban J connectivity index is 2.13. The summed E-state index contributed by atoms with van der Waals surface area (Å²) in [4.78, 5) is 22.6. The van der Waals surface area contributed by atoms with Gasteiger partial charge in [-0.1, -0.05) is 23.7 Å². The molecule has 32 heavy (non-hydrogen) atoms. The van der Waals surface area contributed by atoms with E-state index in [1.54, 1.807) is 38.1 Å². The highest BCUT2D eigenvalue weighted by molar-refractivity contribution is 6.31. The number of primary amides is 1. The number of hydrogen-bond acceptors (Lipinski definition) is 6. The van der Waals surface area contributed by atoms with Crippen molar-refractivity contribution in [3.63, 3.8) is 0 Å². The van der Waals surface area contributed by atoms with Crippen LogP contribution in [0.3, 0.4) is 0 Å². The van der Waals surface area contributed by atoms with Gasteiger partial charge >= 0.3 is 0 Å². The molecule has 4 N–H and O–H groups in total. The molecule has 0 atom stereocenters. The molecule has 0 aliphatic heterocycles. The summed E-state index contributed by atoms with van der Waals surface area (Å²) < 4.78 is 14.1. The predicted octanol–water partition coefficient (Wildman–Crippen LogP) is 3.82. The predicted molar refractivity (Wildman–Crippen MR) is 125 cm³/mol. The summed E-state index contributed by atoms with van der Waals surface area (Å²) in [6.45, 7) is 3.63. The van der Waals surface area contributed by atoms with Crippen molar-refractivity contribution in [1.82, 2.24) is 14.9 Å². The minimum atomic E-state index is -1.34. The fourth-order valence-corrected chi connectivity index (χ4v) is 3.41. The first-order chi connectivity index (χ1) is 15.0. The Hall–Kier alpha value is -3.07. The molecule has 0 saturated carbocycles. The molecular weight excluding hydrogens is 433 g/mol. The molecule has 0 aliphatic carbocycles. The molecule has 1 aromatic heterocycles. The highest BCUT2D eigenvalue weighted by Crippen LogP contribution is 2.35. The van der Waals surface area contributed by atoms with E-state index in [1.165, 1.54) is 18.5 Å². The van der Waals surface area contributed by atoms with Crippen LogP contribution in [-0.4, -0.2) is 46.5 Å². The first-order valence-electron chi connectivity index (χ1n) is 9.86. The van der Waals surface area contributed by atoms with Crippen LogP contribution in [0.4, 0.5) is 15.9 Å². The minimum absolute atomic E-state index is 0.0952. The van der Waals surface area contributed by atoms with Gasteiger partial charge in [0.05, 0.1) is 16.1 Å². The van der Waals surface area contributed by atoms with Crippen LogP contribution in [0, 0.1) is 5.82 Å². The molecule has 3 rings (SSSR count). The molecule has 168 valence electrons. The fourth-order valence-electron chi connectivity index (χ4n) is 3.24. The maximum Gasteiger partial charge on any atom is 0.249 e. The lowest BCUT2D eigenvalue weighted by atomic mass is 9.96. The Morgan fingerprint density at radius 3 is 2.62 bits per heavy atom. The summed E-state index contributed by atoms with van der Waals surface area (Å²) in [5, 5.41) is 14.2. The number of rotatable bonds is 7. The zero-order valence-corrected chi connectivity index (χ0v) is 19.0. The van der Waals surface area contributed by atoms with E-state index in [2.05, 4.69) is 15.3 Å². The smallest absolute Gasteiger partial charge is 0.249 e. The van der Waals surface area contributed by atoms with E-state index in [0.717, 1.165) is 0 Å². The third-order valence-corrected chi connectivity index (χ3v) is 5.13. The number of carbonyl (C=O) groups is 1. The Bertz CT molecular complexity index is 1200. The molecule has 0 aliphatic rings. The number of benzene rings is 2. The number of amides is 1. The van der Waals surface area contributed by atoms with Gasteiger partial charge in [0.1, 0.15) is 18.0 Å². The standard InChI is InChI=1S/C23H25ClFN5O2/c1-23(2,32)16-10-18(25)17(24)11-20(16)29-22-15-9-13(5-6-19(15)27-12-28-22)14(21(26)31)7-8-30(3)4/h5-7,9-12,32H,8H2,1-4H3,(H2,26,31)(H,27,28,29). The number of nitrogens with one attached hydrogen (secondary N) is 1. The summed E-state index contributed by atoms with van der Waals surface area (Å²) in [6, 6.07) is 7.88. The van der Waals surface area contributed by atoms with Gasteiger partial charge in [-0.2, -0.15) is 0 Å². The van der Waals surface area contributed by atoms with E-state index in [0.29, 0.717) is 45.7 Å². The monoisotopic (exact) mass is 457 g/mol. The summed E-state index contributed by atoms with van der Waals surface area (Å²) in [5.41, 5.74) is 6.59. The Morgan fingerprint density at radius 1 is 1.28 bits per heavy atom. The van der Waals surface area contributed by atoms with E-state index < -0.39 is 17.3 Å². The lowest BCUT2D eigenvalue weighted by Crippen LogP contribution is -2.18. The number of carbonyl (C=O) groups excluding carboxylic acids is 1. The highest BCUT2D eigenvalue weighted by Gasteiger charge is 2.23. The van der Waals surface area contributed by atoms with E-state index >= 15 is 0 Å². The van der Waals surface area contributed by atoms with Crippen LogP contribution in [0.5, 0.6) is 0 Å². The number of hydrogen-bond donors (Lipinski definition) is 3. The fraction of sp³-hybridized carbons (Fsp3) is 0.261. The van der Waals surface area contributed by atoms with Crippen molar-refractivity contribution in [2.24, 2.45) is 5.73 Å². The van der Waals surface area contributed by atoms with Gasteiger partial charge in [-0.15, -0.1) is 0 Å². The molecule has 1 amide bonds. The van der Waals surface area contributed by atoms with Crippen LogP contribution in [-0.2, 0) is 10.4 Å². The van der Waals surface area contributed by atoms with Gasteiger partial charge in [-0.25, -0.2) is 14.4 Å². The van der Waals surface area contributed by atoms with Gasteiger partial charge in [-0.3, -0.25) is 4.79 Å². The van der Waals surface area contributed by atoms with Crippen molar-refractivity contribution in [3.05, 3.63) is 64.7 Å². The van der Waals surface area contributed by atoms with E-state index in [-0.39, 0.29) is 5.02 Å². The maximum atomic E-state index is 14.1. The molecule has 1 heterocycles. The van der Waals surface area contributed by atoms with Crippen molar-refractivity contribution < 1.29 is 14.3 Å². The molecule has 2 aromatic carbocycles. The van der Waals surface area contributed by atoms with Crippen LogP contribution >= 0.6 is 11.6 Å². The number of likely N-dealkylation sites (N-methyl/N-ethyl adjacent to an activating group) is 1. The van der Waals surface area contributed by atoms with E-state index in [9.17, 15) is 14.3 Å². The normalized spacial score (nSPS) is 12.4. The van der Waals surface area contributed by atoms with E-state index in [4.69, 9.17) is 17.3 Å². The van der Waals surface area contributed by atoms with Gasteiger partial charge in [0, 0.05) is 28.8 Å². The van der Waals surface area contributed by atoms with Crippen molar-refractivity contribution in [1.29, 1.82) is 0 Å². The quantitative estimate of drug-likeness (QED) is 0.466. The number of halogens is 2. The Labute approximate surface area is 190 Å². The average molecular weight is 458 g/mol. The van der Waals surface area contributed by atoms with Gasteiger partial charge in [-0.05, 0) is 57.8 Å². The number of aliphatic hydroxyl groups is 1. The molecule has 0 radical (unpaired) electrons. The van der Waals surface area contributed by atoms with Crippen LogP contribution in [0.2, 0.25) is 5.02 Å². The summed E-state index contributed by atoms with van der Waals surface area (Å²) in [5.74, 6) is -0.782. The van der Waals surface area contributed by atoms with Crippen LogP contribution < -0.4 is 11.1 Å². The molecule has 0 bridgehead atoms. The molecule has 9 heteroatoms. The molecule has 3 aromatic rings. The number of nitrogens with two attached hydrogens (primary N) is 1. The second-order valence-corrected chi connectivity index (χ2v) is 8.60. The summed E-state index contributed by atoms with van der Waals surface area (Å²) >= 11 is 5.99. The molecule has 7 nitrogen and oxygen atoms in total. The van der Waals surface area contributed by atoms with E-state index in [1.807, 2.05) is 19.0 Å². The Morgan fingerprint density at radius 2 is 2.00 bits per heavy atom. The Kier molecular flexibility index (Phi) is 6.78. The van der Waals surface area contributed by atoms with Crippen molar-refractivity contribution in [2.75, 3.05) is 26.0 Å². The third kappa shape index (κ3) is 5.21. The lowest BCUT2D eigenvalue weighted by Gasteiger charge is -2.23. The number of fused-ring (bicyclic) bond motifs is 1. The molecule has 0 fully saturated rings. The minimum Gasteiger partial charge on any atom is -0.386 e. The zero-order chi connectivity index (χ0) is 23.6. The van der Waals surface area contributed by atoms with Crippen molar-refractivity contribution in [3.8, 4) is 0 Å². The molecule has 0 saturated heterocycles. The second-order valence-electron chi connectivity index (χ2n) is 8.19. The number of nitrogens with zero attached hydrogens (tertiary/aromatic N) is 3. The number of aromatic nitrogens is 2. The molecule has 0 spiro atoms. The maximum absolute atomic E-state index is 14.1. The SMILES string of the molecule is CN(C)CC=C(C(N)=O)c1ccc2ncnc(Nc3cc(Cl)c(F)cc3C(C)(C)O)c2c1. The van der Waals surface area contributed by atoms with Crippen molar-refractivity contribution >= 4 is 45.5 Å². The van der Waals surface area contributed by atoms with Crippen LogP contribution in [0.15, 0.2) is 42.7 Å². The highest BCUT2D eigenvalue weighted by atomic mass is 35.5. The largest absolute Gasteiger partial charge is 0.386 e. The van der Waals surface area contributed by atoms with Crippen molar-refractivity contribution in [2.45, 2.75) is 19.4 Å². The average Bonchev–Trinajstić information content (AvgIpc) is 2.69. The first-order valence-corrected chi connectivity index (χ1v) is 10.2. The van der Waals surface area contributed by atoms with Gasteiger partial charge < -0.3 is 21.1 Å². The molecular formula is C23H25ClFN5O2. The summed E-state index contributed by atoms with van der Waals surface area (Å²) in [7, 11) is 3.78. The second kappa shape index (κ2) is 9.20. The third-order valence-electron chi connectivity index (χ3n) is 4.84. The van der Waals surface area contributed by atoms with Crippen LogP contribution in [0.25, 0.3) is 16.5 Å². The van der Waals surface area contributed by atoms with Gasteiger partial charge in [0.2, 0.25) is 5.91 Å². The van der Waals surface area contributed by atoms with Gasteiger partial charge in [0.15, 0.2) is 0 Å². The summed E-state index contributed by atoms with van der Waals surface area (Å²) in [6.07, 6.45) is 3.14. The first kappa shape index (κ1) is 23.6.